The summed E-state index contributed by atoms with van der Waals surface area (Å²) in [6, 6.07) is 16.5. The molecule has 0 fully saturated rings. The third-order valence-electron chi connectivity index (χ3n) is 5.36. The van der Waals surface area contributed by atoms with Crippen molar-refractivity contribution in [2.45, 2.75) is 27.2 Å². The zero-order valence-corrected chi connectivity index (χ0v) is 18.7. The summed E-state index contributed by atoms with van der Waals surface area (Å²) in [6.07, 6.45) is 1.01. The summed E-state index contributed by atoms with van der Waals surface area (Å²) in [5.74, 6) is 2.31. The summed E-state index contributed by atoms with van der Waals surface area (Å²) in [4.78, 5) is 9.62. The van der Waals surface area contributed by atoms with Gasteiger partial charge in [0.05, 0.1) is 23.0 Å². The largest absolute Gasteiger partial charge is 0.494 e. The highest BCUT2D eigenvalue weighted by molar-refractivity contribution is 7.22. The topological polar surface area (TPSA) is 64.9 Å². The average molecular weight is 430 g/mol. The number of ether oxygens (including phenoxy) is 1. The monoisotopic (exact) mass is 429 g/mol. The molecular weight excluding hydrogens is 406 g/mol. The predicted molar refractivity (Wildman–Crippen MR) is 127 cm³/mol. The number of aromatic nitrogens is 4. The molecule has 0 spiro atoms. The molecule has 0 aliphatic heterocycles. The molecule has 5 rings (SSSR count). The maximum absolute atomic E-state index is 5.54. The Morgan fingerprint density at radius 1 is 1.06 bits per heavy atom. The number of thiazole rings is 1. The van der Waals surface area contributed by atoms with E-state index in [9.17, 15) is 0 Å². The molecule has 0 amide bonds. The van der Waals surface area contributed by atoms with Gasteiger partial charge in [0.25, 0.3) is 0 Å². The molecule has 1 N–H and O–H groups in total. The second kappa shape index (κ2) is 7.67. The van der Waals surface area contributed by atoms with E-state index in [1.165, 1.54) is 10.3 Å². The van der Waals surface area contributed by atoms with Crippen molar-refractivity contribution >= 4 is 43.4 Å². The lowest BCUT2D eigenvalue weighted by Gasteiger charge is -2.12. The Morgan fingerprint density at radius 2 is 1.94 bits per heavy atom. The van der Waals surface area contributed by atoms with E-state index in [0.29, 0.717) is 0 Å². The van der Waals surface area contributed by atoms with E-state index in [1.807, 2.05) is 35.9 Å². The standard InChI is InChI=1S/C24H23N5OS/c1-5-16-9-10-18-20(13-16)31-24(25-18)27-22-12-15(3)28-29(22)21-11-14(2)17-7-6-8-19(30-4)23(17)26-21/h6-13H,5H2,1-4H3,(H,25,27). The molecule has 3 heterocycles. The minimum atomic E-state index is 0.736. The first-order valence-electron chi connectivity index (χ1n) is 10.2. The molecular formula is C24H23N5OS. The number of nitrogens with one attached hydrogen (secondary N) is 1. The summed E-state index contributed by atoms with van der Waals surface area (Å²) < 4.78 is 8.55. The van der Waals surface area contributed by atoms with E-state index in [0.717, 1.165) is 56.6 Å². The van der Waals surface area contributed by atoms with Gasteiger partial charge < -0.3 is 10.1 Å². The number of hydrogen-bond donors (Lipinski definition) is 1. The van der Waals surface area contributed by atoms with Crippen LogP contribution in [0.5, 0.6) is 5.75 Å². The van der Waals surface area contributed by atoms with Crippen molar-refractivity contribution in [3.8, 4) is 11.6 Å². The number of fused-ring (bicyclic) bond motifs is 2. The van der Waals surface area contributed by atoms with Crippen LogP contribution < -0.4 is 10.1 Å². The Labute approximate surface area is 184 Å². The lowest BCUT2D eigenvalue weighted by Crippen LogP contribution is -2.05. The average Bonchev–Trinajstić information content (AvgIpc) is 3.35. The molecule has 0 aliphatic carbocycles. The van der Waals surface area contributed by atoms with Gasteiger partial charge in [-0.15, -0.1) is 0 Å². The molecule has 0 aliphatic rings. The zero-order valence-electron chi connectivity index (χ0n) is 17.9. The lowest BCUT2D eigenvalue weighted by molar-refractivity contribution is 0.419. The van der Waals surface area contributed by atoms with Crippen LogP contribution in [0.15, 0.2) is 48.5 Å². The second-order valence-electron chi connectivity index (χ2n) is 7.54. The molecule has 0 saturated carbocycles. The van der Waals surface area contributed by atoms with E-state index in [-0.39, 0.29) is 0 Å². The number of methoxy groups -OCH3 is 1. The van der Waals surface area contributed by atoms with Crippen LogP contribution in [0.3, 0.4) is 0 Å². The van der Waals surface area contributed by atoms with Crippen molar-refractivity contribution < 1.29 is 4.74 Å². The number of hydrogen-bond acceptors (Lipinski definition) is 6. The molecule has 31 heavy (non-hydrogen) atoms. The maximum Gasteiger partial charge on any atom is 0.189 e. The van der Waals surface area contributed by atoms with Crippen LogP contribution in [0, 0.1) is 13.8 Å². The van der Waals surface area contributed by atoms with Crippen molar-refractivity contribution in [3.05, 3.63) is 65.4 Å². The van der Waals surface area contributed by atoms with Crippen LogP contribution >= 0.6 is 11.3 Å². The SMILES string of the molecule is CCc1ccc2nc(Nc3cc(C)nn3-c3cc(C)c4cccc(OC)c4n3)sc2c1. The van der Waals surface area contributed by atoms with E-state index in [1.54, 1.807) is 18.4 Å². The minimum absolute atomic E-state index is 0.736. The molecule has 0 saturated heterocycles. The fourth-order valence-electron chi connectivity index (χ4n) is 3.76. The summed E-state index contributed by atoms with van der Waals surface area (Å²) >= 11 is 1.64. The summed E-state index contributed by atoms with van der Waals surface area (Å²) in [6.45, 7) is 6.22. The van der Waals surface area contributed by atoms with Crippen LogP contribution in [-0.2, 0) is 6.42 Å². The molecule has 6 nitrogen and oxygen atoms in total. The second-order valence-corrected chi connectivity index (χ2v) is 8.57. The number of pyridine rings is 1. The molecule has 5 aromatic rings. The van der Waals surface area contributed by atoms with Crippen LogP contribution in [0.1, 0.15) is 23.7 Å². The first-order valence-corrected chi connectivity index (χ1v) is 11.0. The van der Waals surface area contributed by atoms with Crippen LogP contribution in [0.2, 0.25) is 0 Å². The van der Waals surface area contributed by atoms with Gasteiger partial charge in [-0.05, 0) is 55.7 Å². The molecule has 2 aromatic carbocycles. The van der Waals surface area contributed by atoms with E-state index in [4.69, 9.17) is 14.7 Å². The molecule has 0 radical (unpaired) electrons. The highest BCUT2D eigenvalue weighted by Crippen LogP contribution is 2.32. The number of anilines is 2. The summed E-state index contributed by atoms with van der Waals surface area (Å²) in [5.41, 5.74) is 5.15. The predicted octanol–water partition coefficient (Wildman–Crippen LogP) is 5.96. The molecule has 0 unspecified atom stereocenters. The number of para-hydroxylation sites is 1. The van der Waals surface area contributed by atoms with Crippen molar-refractivity contribution in [1.82, 2.24) is 19.7 Å². The quantitative estimate of drug-likeness (QED) is 0.373. The Hall–Kier alpha value is -3.45. The van der Waals surface area contributed by atoms with Crippen LogP contribution in [-0.4, -0.2) is 26.9 Å². The summed E-state index contributed by atoms with van der Waals surface area (Å²) in [7, 11) is 1.67. The number of rotatable bonds is 5. The lowest BCUT2D eigenvalue weighted by atomic mass is 10.1. The van der Waals surface area contributed by atoms with E-state index >= 15 is 0 Å². The fourth-order valence-corrected chi connectivity index (χ4v) is 4.70. The fraction of sp³-hybridized carbons (Fsp3) is 0.208. The Balaban J connectivity index is 1.58. The molecule has 0 atom stereocenters. The van der Waals surface area contributed by atoms with E-state index in [2.05, 4.69) is 48.5 Å². The van der Waals surface area contributed by atoms with Gasteiger partial charge in [-0.25, -0.2) is 9.97 Å². The van der Waals surface area contributed by atoms with Gasteiger partial charge in [0.2, 0.25) is 0 Å². The highest BCUT2D eigenvalue weighted by atomic mass is 32.1. The van der Waals surface area contributed by atoms with Gasteiger partial charge in [-0.2, -0.15) is 9.78 Å². The first kappa shape index (κ1) is 19.5. The first-order chi connectivity index (χ1) is 15.1. The smallest absolute Gasteiger partial charge is 0.189 e. The van der Waals surface area contributed by atoms with Gasteiger partial charge in [-0.3, -0.25) is 0 Å². The van der Waals surface area contributed by atoms with Crippen molar-refractivity contribution in [1.29, 1.82) is 0 Å². The maximum atomic E-state index is 5.54. The molecule has 0 bridgehead atoms. The number of nitrogens with zero attached hydrogens (tertiary/aromatic N) is 4. The highest BCUT2D eigenvalue weighted by Gasteiger charge is 2.15. The normalized spacial score (nSPS) is 11.4. The molecule has 156 valence electrons. The minimum Gasteiger partial charge on any atom is -0.494 e. The van der Waals surface area contributed by atoms with Crippen LogP contribution in [0.4, 0.5) is 10.9 Å². The third-order valence-corrected chi connectivity index (χ3v) is 6.29. The van der Waals surface area contributed by atoms with Crippen LogP contribution in [0.25, 0.3) is 26.9 Å². The van der Waals surface area contributed by atoms with Gasteiger partial charge in [0, 0.05) is 11.5 Å². The van der Waals surface area contributed by atoms with Gasteiger partial charge in [-0.1, -0.05) is 36.5 Å². The van der Waals surface area contributed by atoms with Crippen molar-refractivity contribution in [2.24, 2.45) is 0 Å². The van der Waals surface area contributed by atoms with Gasteiger partial charge >= 0.3 is 0 Å². The third kappa shape index (κ3) is 3.51. The molecule has 3 aromatic heterocycles. The number of aryl methyl sites for hydroxylation is 3. The Kier molecular flexibility index (Phi) is 4.82. The number of benzene rings is 2. The van der Waals surface area contributed by atoms with Gasteiger partial charge in [0.1, 0.15) is 17.1 Å². The summed E-state index contributed by atoms with van der Waals surface area (Å²) in [5, 5.41) is 10.0. The Bertz CT molecular complexity index is 1420. The molecule has 7 heteroatoms. The van der Waals surface area contributed by atoms with Crippen molar-refractivity contribution in [3.63, 3.8) is 0 Å². The zero-order chi connectivity index (χ0) is 21.5. The van der Waals surface area contributed by atoms with E-state index < -0.39 is 0 Å². The van der Waals surface area contributed by atoms with Crippen molar-refractivity contribution in [2.75, 3.05) is 12.4 Å². The Morgan fingerprint density at radius 3 is 2.74 bits per heavy atom. The van der Waals surface area contributed by atoms with Gasteiger partial charge in [0.15, 0.2) is 10.9 Å².